The molecule has 1 aliphatic heterocycles. The Morgan fingerprint density at radius 2 is 2.56 bits per heavy atom. The Hall–Kier alpha value is -1.05. The van der Waals surface area contributed by atoms with E-state index >= 15 is 0 Å². The van der Waals surface area contributed by atoms with E-state index in [1.165, 1.54) is 6.20 Å². The van der Waals surface area contributed by atoms with Gasteiger partial charge in [-0.2, -0.15) is 0 Å². The van der Waals surface area contributed by atoms with Crippen molar-refractivity contribution in [3.8, 4) is 0 Å². The SMILES string of the molecule is CC1CN(C(=O)c2cnns2)CC(CO)O1. The van der Waals surface area contributed by atoms with Gasteiger partial charge in [-0.3, -0.25) is 4.79 Å². The van der Waals surface area contributed by atoms with E-state index in [-0.39, 0.29) is 24.7 Å². The van der Waals surface area contributed by atoms with Crippen LogP contribution in [0.25, 0.3) is 0 Å². The van der Waals surface area contributed by atoms with E-state index in [0.29, 0.717) is 18.0 Å². The number of hydrogen-bond donors (Lipinski definition) is 1. The number of carbonyl (C=O) groups is 1. The van der Waals surface area contributed by atoms with Crippen molar-refractivity contribution in [2.75, 3.05) is 19.7 Å². The number of rotatable bonds is 2. The van der Waals surface area contributed by atoms with Crippen molar-refractivity contribution in [2.24, 2.45) is 0 Å². The van der Waals surface area contributed by atoms with Gasteiger partial charge in [-0.1, -0.05) is 4.49 Å². The molecule has 0 saturated carbocycles. The van der Waals surface area contributed by atoms with E-state index in [4.69, 9.17) is 9.84 Å². The molecule has 1 fully saturated rings. The Labute approximate surface area is 97.0 Å². The highest BCUT2D eigenvalue weighted by atomic mass is 32.1. The molecule has 2 unspecified atom stereocenters. The van der Waals surface area contributed by atoms with Crippen molar-refractivity contribution in [1.82, 2.24) is 14.5 Å². The molecule has 0 aliphatic carbocycles. The molecular formula is C9H13N3O3S. The zero-order valence-electron chi connectivity index (χ0n) is 8.87. The van der Waals surface area contributed by atoms with Gasteiger partial charge in [-0.15, -0.1) is 5.10 Å². The summed E-state index contributed by atoms with van der Waals surface area (Å²) in [7, 11) is 0. The van der Waals surface area contributed by atoms with Crippen molar-refractivity contribution in [1.29, 1.82) is 0 Å². The fraction of sp³-hybridized carbons (Fsp3) is 0.667. The highest BCUT2D eigenvalue weighted by Crippen LogP contribution is 2.15. The topological polar surface area (TPSA) is 75.6 Å². The summed E-state index contributed by atoms with van der Waals surface area (Å²) in [6.45, 7) is 2.76. The second kappa shape index (κ2) is 4.86. The summed E-state index contributed by atoms with van der Waals surface area (Å²) in [5, 5.41) is 12.7. The van der Waals surface area contributed by atoms with Crippen LogP contribution in [0.3, 0.4) is 0 Å². The largest absolute Gasteiger partial charge is 0.394 e. The molecule has 0 spiro atoms. The van der Waals surface area contributed by atoms with Crippen LogP contribution in [0.4, 0.5) is 0 Å². The van der Waals surface area contributed by atoms with Crippen molar-refractivity contribution in [3.63, 3.8) is 0 Å². The van der Waals surface area contributed by atoms with Gasteiger partial charge in [0.05, 0.1) is 25.0 Å². The first-order valence-corrected chi connectivity index (χ1v) is 5.81. The minimum Gasteiger partial charge on any atom is -0.394 e. The number of hydrogen-bond acceptors (Lipinski definition) is 6. The first-order chi connectivity index (χ1) is 7.70. The predicted octanol–water partition coefficient (Wildman–Crippen LogP) is -0.240. The van der Waals surface area contributed by atoms with Crippen LogP contribution in [0.15, 0.2) is 6.20 Å². The molecule has 1 N–H and O–H groups in total. The number of carbonyl (C=O) groups excluding carboxylic acids is 1. The van der Waals surface area contributed by atoms with Gasteiger partial charge in [0.1, 0.15) is 4.88 Å². The lowest BCUT2D eigenvalue weighted by Crippen LogP contribution is -2.50. The van der Waals surface area contributed by atoms with Crippen LogP contribution in [-0.4, -0.2) is 57.4 Å². The summed E-state index contributed by atoms with van der Waals surface area (Å²) in [5.74, 6) is -0.0939. The first kappa shape index (κ1) is 11.4. The van der Waals surface area contributed by atoms with Gasteiger partial charge >= 0.3 is 0 Å². The van der Waals surface area contributed by atoms with E-state index < -0.39 is 0 Å². The van der Waals surface area contributed by atoms with E-state index in [1.807, 2.05) is 6.92 Å². The Morgan fingerprint density at radius 3 is 3.19 bits per heavy atom. The lowest BCUT2D eigenvalue weighted by atomic mass is 10.2. The first-order valence-electron chi connectivity index (χ1n) is 5.03. The molecule has 88 valence electrons. The Bertz CT molecular complexity index is 357. The highest BCUT2D eigenvalue weighted by molar-refractivity contribution is 7.07. The Morgan fingerprint density at radius 1 is 1.75 bits per heavy atom. The predicted molar refractivity (Wildman–Crippen MR) is 57.2 cm³/mol. The summed E-state index contributed by atoms with van der Waals surface area (Å²) < 4.78 is 9.12. The third-order valence-electron chi connectivity index (χ3n) is 2.39. The smallest absolute Gasteiger partial charge is 0.267 e. The maximum atomic E-state index is 12.0. The summed E-state index contributed by atoms with van der Waals surface area (Å²) in [5.41, 5.74) is 0. The molecule has 2 heterocycles. The van der Waals surface area contributed by atoms with Crippen molar-refractivity contribution < 1.29 is 14.6 Å². The lowest BCUT2D eigenvalue weighted by molar-refractivity contribution is -0.0857. The molecule has 16 heavy (non-hydrogen) atoms. The normalized spacial score (nSPS) is 25.8. The number of aliphatic hydroxyl groups is 1. The molecule has 0 radical (unpaired) electrons. The maximum absolute atomic E-state index is 12.0. The highest BCUT2D eigenvalue weighted by Gasteiger charge is 2.29. The van der Waals surface area contributed by atoms with Crippen molar-refractivity contribution in [2.45, 2.75) is 19.1 Å². The van der Waals surface area contributed by atoms with Gasteiger partial charge in [0, 0.05) is 13.1 Å². The Balaban J connectivity index is 2.06. The third kappa shape index (κ3) is 2.37. The molecule has 1 aliphatic rings. The summed E-state index contributed by atoms with van der Waals surface area (Å²) in [4.78, 5) is 14.2. The van der Waals surface area contributed by atoms with Crippen LogP contribution in [0.5, 0.6) is 0 Å². The molecule has 0 bridgehead atoms. The van der Waals surface area contributed by atoms with E-state index in [2.05, 4.69) is 9.59 Å². The molecule has 1 aromatic rings. The number of amides is 1. The molecule has 1 aromatic heterocycles. The Kier molecular flexibility index (Phi) is 3.47. The molecule has 1 amide bonds. The molecule has 2 atom stereocenters. The summed E-state index contributed by atoms with van der Waals surface area (Å²) in [6, 6.07) is 0. The average molecular weight is 243 g/mol. The number of aromatic nitrogens is 2. The zero-order chi connectivity index (χ0) is 11.5. The number of aliphatic hydroxyl groups excluding tert-OH is 1. The van der Waals surface area contributed by atoms with Crippen LogP contribution in [0, 0.1) is 0 Å². The van der Waals surface area contributed by atoms with Crippen LogP contribution in [0.2, 0.25) is 0 Å². The van der Waals surface area contributed by atoms with E-state index in [1.54, 1.807) is 4.90 Å². The van der Waals surface area contributed by atoms with Gasteiger partial charge in [0.25, 0.3) is 5.91 Å². The van der Waals surface area contributed by atoms with E-state index in [0.717, 1.165) is 11.5 Å². The minimum absolute atomic E-state index is 0.0595. The van der Waals surface area contributed by atoms with Crippen molar-refractivity contribution >= 4 is 17.4 Å². The second-order valence-corrected chi connectivity index (χ2v) is 4.53. The van der Waals surface area contributed by atoms with Crippen LogP contribution in [-0.2, 0) is 4.74 Å². The minimum atomic E-state index is -0.298. The zero-order valence-corrected chi connectivity index (χ0v) is 9.68. The molecular weight excluding hydrogens is 230 g/mol. The molecule has 7 heteroatoms. The van der Waals surface area contributed by atoms with Gasteiger partial charge < -0.3 is 14.7 Å². The monoisotopic (exact) mass is 243 g/mol. The number of ether oxygens (including phenoxy) is 1. The summed E-state index contributed by atoms with van der Waals surface area (Å²) >= 11 is 1.08. The number of nitrogens with zero attached hydrogens (tertiary/aromatic N) is 3. The van der Waals surface area contributed by atoms with Gasteiger partial charge in [-0.25, -0.2) is 0 Å². The molecule has 0 aromatic carbocycles. The average Bonchev–Trinajstić information content (AvgIpc) is 2.80. The second-order valence-electron chi connectivity index (χ2n) is 3.74. The summed E-state index contributed by atoms with van der Waals surface area (Å²) in [6.07, 6.45) is 1.10. The third-order valence-corrected chi connectivity index (χ3v) is 3.04. The lowest BCUT2D eigenvalue weighted by Gasteiger charge is -2.35. The van der Waals surface area contributed by atoms with E-state index in [9.17, 15) is 4.79 Å². The standard InChI is InChI=1S/C9H13N3O3S/c1-6-3-12(4-7(5-13)15-6)9(14)8-2-10-11-16-8/h2,6-7,13H,3-5H2,1H3. The quantitative estimate of drug-likeness (QED) is 0.776. The maximum Gasteiger partial charge on any atom is 0.267 e. The molecule has 2 rings (SSSR count). The fourth-order valence-electron chi connectivity index (χ4n) is 1.73. The van der Waals surface area contributed by atoms with Crippen LogP contribution in [0.1, 0.15) is 16.6 Å². The molecule has 6 nitrogen and oxygen atoms in total. The van der Waals surface area contributed by atoms with Gasteiger partial charge in [0.15, 0.2) is 0 Å². The molecule has 1 saturated heterocycles. The van der Waals surface area contributed by atoms with Crippen molar-refractivity contribution in [3.05, 3.63) is 11.1 Å². The van der Waals surface area contributed by atoms with Gasteiger partial charge in [0.2, 0.25) is 0 Å². The van der Waals surface area contributed by atoms with Crippen LogP contribution < -0.4 is 0 Å². The number of morpholine rings is 1. The van der Waals surface area contributed by atoms with Gasteiger partial charge in [-0.05, 0) is 18.5 Å². The van der Waals surface area contributed by atoms with Crippen LogP contribution >= 0.6 is 11.5 Å². The fourth-order valence-corrected chi connectivity index (χ4v) is 2.21.